The van der Waals surface area contributed by atoms with Crippen LogP contribution in [0.25, 0.3) is 0 Å². The van der Waals surface area contributed by atoms with Gasteiger partial charge in [-0.2, -0.15) is 0 Å². The minimum Gasteiger partial charge on any atom is -0.459 e. The fourth-order valence-electron chi connectivity index (χ4n) is 7.27. The van der Waals surface area contributed by atoms with E-state index in [0.717, 1.165) is 27.7 Å². The minimum absolute atomic E-state index is 0.0981. The maximum Gasteiger partial charge on any atom is 0.332 e. The van der Waals surface area contributed by atoms with Crippen LogP contribution in [0.5, 0.6) is 0 Å². The van der Waals surface area contributed by atoms with Gasteiger partial charge in [-0.15, -0.1) is 0 Å². The van der Waals surface area contributed by atoms with Crippen LogP contribution in [0.2, 0.25) is 0 Å². The molecule has 0 aromatic carbocycles. The fraction of sp³-hybridized carbons (Fsp3) is 0.677. The zero-order valence-electron chi connectivity index (χ0n) is 27.1. The molecule has 16 nitrogen and oxygen atoms in total. The van der Waals surface area contributed by atoms with Gasteiger partial charge in [0, 0.05) is 40.7 Å². The van der Waals surface area contributed by atoms with Crippen LogP contribution in [0.1, 0.15) is 41.5 Å². The van der Waals surface area contributed by atoms with Crippen LogP contribution in [0, 0.1) is 17.3 Å². The number of esters is 6. The molecule has 0 amide bonds. The number of aliphatic hydroxyl groups is 2. The Morgan fingerprint density at radius 2 is 1.47 bits per heavy atom. The van der Waals surface area contributed by atoms with Crippen LogP contribution >= 0.6 is 0 Å². The quantitative estimate of drug-likeness (QED) is 0.188. The minimum atomic E-state index is -2.38. The van der Waals surface area contributed by atoms with Crippen molar-refractivity contribution >= 4 is 35.8 Å². The molecule has 2 heterocycles. The number of fused-ring (bicyclic) bond motifs is 3. The third-order valence-electron chi connectivity index (χ3n) is 9.21. The molecule has 1 spiro atoms. The lowest BCUT2D eigenvalue weighted by molar-refractivity contribution is -0.279. The summed E-state index contributed by atoms with van der Waals surface area (Å²) in [5.41, 5.74) is -5.74. The van der Waals surface area contributed by atoms with E-state index in [1.807, 2.05) is 0 Å². The average molecular weight is 669 g/mol. The van der Waals surface area contributed by atoms with Crippen LogP contribution in [-0.2, 0) is 66.7 Å². The zero-order chi connectivity index (χ0) is 35.1. The molecule has 2 aliphatic carbocycles. The maximum atomic E-state index is 13.2. The van der Waals surface area contributed by atoms with Gasteiger partial charge < -0.3 is 48.1 Å². The lowest BCUT2D eigenvalue weighted by Crippen LogP contribution is -2.76. The normalized spacial score (nSPS) is 38.9. The van der Waals surface area contributed by atoms with E-state index in [1.54, 1.807) is 0 Å². The summed E-state index contributed by atoms with van der Waals surface area (Å²) >= 11 is 0. The standard InChI is InChI=1S/C31H40O16/c1-14-28(38)47-21-10-19(12-40-7)8-9-20(46-22(37)11-32)29(6)24(27(31(14,21)39)45-18(5)36)30(13-41-30)26(44-17(4)35)23(42-15(2)33)25(29)43-16(3)34/h8-10,14,20-21,23-27,32,39H,11-13H2,1-7H3. The summed E-state index contributed by atoms with van der Waals surface area (Å²) in [5, 5.41) is 22.4. The Bertz CT molecular complexity index is 1360. The average Bonchev–Trinajstić information content (AvgIpc) is 3.73. The van der Waals surface area contributed by atoms with Crippen molar-refractivity contribution in [3.63, 3.8) is 0 Å². The number of hydrogen-bond donors (Lipinski definition) is 2. The van der Waals surface area contributed by atoms with Gasteiger partial charge >= 0.3 is 35.8 Å². The Morgan fingerprint density at radius 1 is 0.915 bits per heavy atom. The Kier molecular flexibility index (Phi) is 10.2. The third kappa shape index (κ3) is 6.38. The van der Waals surface area contributed by atoms with Crippen molar-refractivity contribution in [1.82, 2.24) is 0 Å². The first-order chi connectivity index (χ1) is 22.0. The Morgan fingerprint density at radius 3 is 1.98 bits per heavy atom. The van der Waals surface area contributed by atoms with Crippen LogP contribution in [0.15, 0.2) is 23.8 Å². The van der Waals surface area contributed by atoms with Crippen molar-refractivity contribution in [3.05, 3.63) is 23.8 Å². The number of rotatable bonds is 8. The van der Waals surface area contributed by atoms with E-state index >= 15 is 0 Å². The largest absolute Gasteiger partial charge is 0.459 e. The van der Waals surface area contributed by atoms with E-state index in [-0.39, 0.29) is 13.2 Å². The van der Waals surface area contributed by atoms with Crippen LogP contribution < -0.4 is 0 Å². The van der Waals surface area contributed by atoms with Gasteiger partial charge in [0.2, 0.25) is 0 Å². The van der Waals surface area contributed by atoms with Crippen molar-refractivity contribution in [1.29, 1.82) is 0 Å². The lowest BCUT2D eigenvalue weighted by atomic mass is 9.51. The lowest BCUT2D eigenvalue weighted by Gasteiger charge is -2.59. The van der Waals surface area contributed by atoms with E-state index in [2.05, 4.69) is 0 Å². The molecule has 0 aromatic rings. The predicted octanol–water partition coefficient (Wildman–Crippen LogP) is -0.542. The molecule has 2 saturated heterocycles. The van der Waals surface area contributed by atoms with Gasteiger partial charge in [0.1, 0.15) is 24.4 Å². The molecule has 11 unspecified atom stereocenters. The SMILES string of the molecule is COCC1=CC2OC(=O)C(C)C2(O)C(OC(C)=O)C2C3(CO3)C(OC(C)=O)C(OC(C)=O)C(OC(C)=O)C2(C)C(OC(=O)CO)C=C1. The molecule has 47 heavy (non-hydrogen) atoms. The summed E-state index contributed by atoms with van der Waals surface area (Å²) in [6, 6.07) is 0. The van der Waals surface area contributed by atoms with Crippen molar-refractivity contribution in [3.8, 4) is 0 Å². The molecule has 2 aliphatic heterocycles. The smallest absolute Gasteiger partial charge is 0.332 e. The summed E-state index contributed by atoms with van der Waals surface area (Å²) in [6.45, 7) is 5.67. The molecule has 1 saturated carbocycles. The molecule has 4 aliphatic rings. The van der Waals surface area contributed by atoms with Gasteiger partial charge in [0.25, 0.3) is 0 Å². The highest BCUT2D eigenvalue weighted by molar-refractivity contribution is 5.78. The van der Waals surface area contributed by atoms with Gasteiger partial charge in [-0.05, 0) is 24.6 Å². The number of epoxide rings is 1. The second-order valence-electron chi connectivity index (χ2n) is 12.3. The van der Waals surface area contributed by atoms with Crippen LogP contribution in [-0.4, -0.2) is 121 Å². The molecular formula is C31H40O16. The van der Waals surface area contributed by atoms with E-state index in [1.165, 1.54) is 39.2 Å². The first-order valence-electron chi connectivity index (χ1n) is 14.9. The summed E-state index contributed by atoms with van der Waals surface area (Å²) in [4.78, 5) is 76.7. The molecule has 260 valence electrons. The fourth-order valence-corrected chi connectivity index (χ4v) is 7.27. The third-order valence-corrected chi connectivity index (χ3v) is 9.21. The van der Waals surface area contributed by atoms with Crippen LogP contribution in [0.4, 0.5) is 0 Å². The summed E-state index contributed by atoms with van der Waals surface area (Å²) in [7, 11) is 1.39. The molecule has 4 rings (SSSR count). The van der Waals surface area contributed by atoms with Gasteiger partial charge in [-0.25, -0.2) is 4.79 Å². The predicted molar refractivity (Wildman–Crippen MR) is 153 cm³/mol. The number of hydrogen-bond acceptors (Lipinski definition) is 16. The van der Waals surface area contributed by atoms with Crippen molar-refractivity contribution in [2.45, 2.75) is 89.4 Å². The number of aliphatic hydroxyl groups excluding tert-OH is 1. The summed E-state index contributed by atoms with van der Waals surface area (Å²) in [5.74, 6) is -8.33. The molecule has 16 heteroatoms. The van der Waals surface area contributed by atoms with Gasteiger partial charge in [-0.1, -0.05) is 13.0 Å². The first kappa shape index (κ1) is 36.0. The van der Waals surface area contributed by atoms with Crippen molar-refractivity contribution in [2.75, 3.05) is 26.9 Å². The molecule has 11 atom stereocenters. The monoisotopic (exact) mass is 668 g/mol. The van der Waals surface area contributed by atoms with E-state index in [0.29, 0.717) is 5.57 Å². The van der Waals surface area contributed by atoms with E-state index in [9.17, 15) is 39.0 Å². The van der Waals surface area contributed by atoms with Crippen LogP contribution in [0.3, 0.4) is 0 Å². The van der Waals surface area contributed by atoms with Crippen molar-refractivity contribution < 1.29 is 76.9 Å². The molecular weight excluding hydrogens is 628 g/mol. The summed E-state index contributed by atoms with van der Waals surface area (Å²) < 4.78 is 45.8. The van der Waals surface area contributed by atoms with E-state index < -0.39 is 107 Å². The van der Waals surface area contributed by atoms with Gasteiger partial charge in [0.15, 0.2) is 30.0 Å². The Balaban J connectivity index is 2.17. The Hall–Kier alpha value is -3.86. The molecule has 0 radical (unpaired) electrons. The number of ether oxygens (including phenoxy) is 8. The molecule has 0 bridgehead atoms. The number of methoxy groups -OCH3 is 1. The number of carbonyl (C=O) groups excluding carboxylic acids is 6. The highest BCUT2D eigenvalue weighted by Crippen LogP contribution is 2.63. The van der Waals surface area contributed by atoms with Crippen molar-refractivity contribution in [2.24, 2.45) is 17.3 Å². The maximum absolute atomic E-state index is 13.2. The highest BCUT2D eigenvalue weighted by Gasteiger charge is 2.81. The first-order valence-corrected chi connectivity index (χ1v) is 14.9. The molecule has 2 N–H and O–H groups in total. The highest BCUT2D eigenvalue weighted by atomic mass is 16.7. The Labute approximate surface area is 270 Å². The zero-order valence-corrected chi connectivity index (χ0v) is 27.1. The molecule has 3 fully saturated rings. The van der Waals surface area contributed by atoms with Gasteiger partial charge in [-0.3, -0.25) is 24.0 Å². The molecule has 0 aromatic heterocycles. The van der Waals surface area contributed by atoms with Gasteiger partial charge in [0.05, 0.1) is 24.5 Å². The second kappa shape index (κ2) is 13.3. The summed E-state index contributed by atoms with van der Waals surface area (Å²) in [6.07, 6.45) is -5.37. The topological polar surface area (TPSA) is 220 Å². The second-order valence-corrected chi connectivity index (χ2v) is 12.3. The van der Waals surface area contributed by atoms with E-state index in [4.69, 9.17) is 37.9 Å². The number of carbonyl (C=O) groups is 6.